The standard InChI is InChI=1S/C12H13BrN2O/c1-9-10(6-7-16-9)8-15(2)12-5-3-4-11(13)14-12/h3-7H,8H2,1-2H3. The Hall–Kier alpha value is -1.29. The molecule has 0 aliphatic heterocycles. The van der Waals surface area contributed by atoms with Crippen molar-refractivity contribution in [3.63, 3.8) is 0 Å². The van der Waals surface area contributed by atoms with Crippen LogP contribution >= 0.6 is 15.9 Å². The second kappa shape index (κ2) is 4.70. The summed E-state index contributed by atoms with van der Waals surface area (Å²) in [5.41, 5.74) is 1.18. The summed E-state index contributed by atoms with van der Waals surface area (Å²) < 4.78 is 6.12. The van der Waals surface area contributed by atoms with Crippen molar-refractivity contribution in [2.75, 3.05) is 11.9 Å². The molecule has 84 valence electrons. The molecule has 0 atom stereocenters. The van der Waals surface area contributed by atoms with E-state index in [1.165, 1.54) is 5.56 Å². The Balaban J connectivity index is 2.14. The van der Waals surface area contributed by atoms with Gasteiger partial charge in [-0.15, -0.1) is 0 Å². The van der Waals surface area contributed by atoms with Crippen molar-refractivity contribution < 1.29 is 4.42 Å². The Morgan fingerprint density at radius 1 is 1.38 bits per heavy atom. The molecule has 2 aromatic rings. The maximum atomic E-state index is 5.27. The fourth-order valence-corrected chi connectivity index (χ4v) is 1.86. The molecule has 0 saturated heterocycles. The van der Waals surface area contributed by atoms with Crippen LogP contribution in [0.25, 0.3) is 0 Å². The molecule has 0 unspecified atom stereocenters. The first kappa shape index (κ1) is 11.2. The van der Waals surface area contributed by atoms with Crippen LogP contribution in [0.2, 0.25) is 0 Å². The zero-order chi connectivity index (χ0) is 11.5. The average Bonchev–Trinajstić information content (AvgIpc) is 2.64. The maximum Gasteiger partial charge on any atom is 0.129 e. The van der Waals surface area contributed by atoms with Gasteiger partial charge in [-0.2, -0.15) is 0 Å². The highest BCUT2D eigenvalue weighted by Gasteiger charge is 2.07. The monoisotopic (exact) mass is 280 g/mol. The van der Waals surface area contributed by atoms with E-state index in [4.69, 9.17) is 4.42 Å². The summed E-state index contributed by atoms with van der Waals surface area (Å²) in [4.78, 5) is 6.48. The molecule has 0 aliphatic carbocycles. The van der Waals surface area contributed by atoms with Crippen LogP contribution in [0.4, 0.5) is 5.82 Å². The van der Waals surface area contributed by atoms with Crippen LogP contribution in [-0.4, -0.2) is 12.0 Å². The minimum atomic E-state index is 0.797. The van der Waals surface area contributed by atoms with Gasteiger partial charge in [-0.3, -0.25) is 0 Å². The van der Waals surface area contributed by atoms with E-state index in [2.05, 4.69) is 25.8 Å². The van der Waals surface area contributed by atoms with E-state index in [9.17, 15) is 0 Å². The molecule has 2 aromatic heterocycles. The minimum Gasteiger partial charge on any atom is -0.469 e. The highest BCUT2D eigenvalue weighted by Crippen LogP contribution is 2.17. The summed E-state index contributed by atoms with van der Waals surface area (Å²) in [6.07, 6.45) is 1.72. The van der Waals surface area contributed by atoms with Crippen molar-refractivity contribution in [3.05, 3.63) is 46.5 Å². The molecule has 0 saturated carbocycles. The fraction of sp³-hybridized carbons (Fsp3) is 0.250. The van der Waals surface area contributed by atoms with Gasteiger partial charge in [-0.25, -0.2) is 4.98 Å². The Kier molecular flexibility index (Phi) is 3.29. The summed E-state index contributed by atoms with van der Waals surface area (Å²) in [5, 5.41) is 0. The van der Waals surface area contributed by atoms with Gasteiger partial charge in [0.25, 0.3) is 0 Å². The van der Waals surface area contributed by atoms with E-state index in [1.807, 2.05) is 38.2 Å². The lowest BCUT2D eigenvalue weighted by atomic mass is 10.2. The second-order valence-corrected chi connectivity index (χ2v) is 4.49. The Labute approximate surface area is 103 Å². The van der Waals surface area contributed by atoms with Crippen molar-refractivity contribution in [3.8, 4) is 0 Å². The average molecular weight is 281 g/mol. The number of nitrogens with zero attached hydrogens (tertiary/aromatic N) is 2. The highest BCUT2D eigenvalue weighted by molar-refractivity contribution is 9.10. The number of aryl methyl sites for hydroxylation is 1. The van der Waals surface area contributed by atoms with Gasteiger partial charge in [0.2, 0.25) is 0 Å². The number of pyridine rings is 1. The maximum absolute atomic E-state index is 5.27. The Bertz CT molecular complexity index is 481. The van der Waals surface area contributed by atoms with E-state index in [0.717, 1.165) is 22.7 Å². The Morgan fingerprint density at radius 3 is 2.81 bits per heavy atom. The predicted molar refractivity (Wildman–Crippen MR) is 67.5 cm³/mol. The molecular formula is C12H13BrN2O. The van der Waals surface area contributed by atoms with E-state index in [-0.39, 0.29) is 0 Å². The lowest BCUT2D eigenvalue weighted by Gasteiger charge is -2.17. The third kappa shape index (κ3) is 2.44. The summed E-state index contributed by atoms with van der Waals surface area (Å²) in [7, 11) is 2.02. The van der Waals surface area contributed by atoms with E-state index in [1.54, 1.807) is 6.26 Å². The SMILES string of the molecule is Cc1occc1CN(C)c1cccc(Br)n1. The summed E-state index contributed by atoms with van der Waals surface area (Å²) in [6.45, 7) is 2.77. The highest BCUT2D eigenvalue weighted by atomic mass is 79.9. The molecule has 0 aromatic carbocycles. The number of hydrogen-bond donors (Lipinski definition) is 0. The molecule has 0 spiro atoms. The Morgan fingerprint density at radius 2 is 2.19 bits per heavy atom. The van der Waals surface area contributed by atoms with Crippen LogP contribution in [-0.2, 0) is 6.54 Å². The van der Waals surface area contributed by atoms with Crippen molar-refractivity contribution in [2.24, 2.45) is 0 Å². The van der Waals surface area contributed by atoms with Crippen molar-refractivity contribution in [1.82, 2.24) is 4.98 Å². The molecule has 2 heterocycles. The van der Waals surface area contributed by atoms with Gasteiger partial charge >= 0.3 is 0 Å². The molecule has 0 radical (unpaired) electrons. The first-order valence-corrected chi connectivity index (χ1v) is 5.83. The summed E-state index contributed by atoms with van der Waals surface area (Å²) >= 11 is 3.37. The van der Waals surface area contributed by atoms with Crippen molar-refractivity contribution in [1.29, 1.82) is 0 Å². The van der Waals surface area contributed by atoms with Gasteiger partial charge in [0, 0.05) is 19.2 Å². The summed E-state index contributed by atoms with van der Waals surface area (Å²) in [6, 6.07) is 7.87. The van der Waals surface area contributed by atoms with Crippen LogP contribution in [0, 0.1) is 6.92 Å². The third-order valence-electron chi connectivity index (χ3n) is 2.47. The van der Waals surface area contributed by atoms with E-state index in [0.29, 0.717) is 0 Å². The molecule has 0 bridgehead atoms. The molecular weight excluding hydrogens is 268 g/mol. The molecule has 4 heteroatoms. The molecule has 16 heavy (non-hydrogen) atoms. The molecule has 2 rings (SSSR count). The number of hydrogen-bond acceptors (Lipinski definition) is 3. The van der Waals surface area contributed by atoms with Crippen molar-refractivity contribution in [2.45, 2.75) is 13.5 Å². The lowest BCUT2D eigenvalue weighted by Crippen LogP contribution is -2.17. The number of halogens is 1. The van der Waals surface area contributed by atoms with Gasteiger partial charge in [0.05, 0.1) is 6.26 Å². The van der Waals surface area contributed by atoms with Gasteiger partial charge in [0.15, 0.2) is 0 Å². The molecule has 3 nitrogen and oxygen atoms in total. The number of aromatic nitrogens is 1. The third-order valence-corrected chi connectivity index (χ3v) is 2.91. The fourth-order valence-electron chi connectivity index (χ4n) is 1.52. The van der Waals surface area contributed by atoms with E-state index < -0.39 is 0 Å². The topological polar surface area (TPSA) is 29.3 Å². The number of anilines is 1. The van der Waals surface area contributed by atoms with Crippen LogP contribution < -0.4 is 4.90 Å². The summed E-state index contributed by atoms with van der Waals surface area (Å²) in [5.74, 6) is 1.90. The van der Waals surface area contributed by atoms with Gasteiger partial charge < -0.3 is 9.32 Å². The molecule has 0 N–H and O–H groups in total. The zero-order valence-corrected chi connectivity index (χ0v) is 10.9. The second-order valence-electron chi connectivity index (χ2n) is 3.68. The lowest BCUT2D eigenvalue weighted by molar-refractivity contribution is 0.529. The zero-order valence-electron chi connectivity index (χ0n) is 9.27. The van der Waals surface area contributed by atoms with Crippen molar-refractivity contribution >= 4 is 21.7 Å². The molecule has 0 aliphatic rings. The number of furan rings is 1. The molecule has 0 fully saturated rings. The smallest absolute Gasteiger partial charge is 0.129 e. The normalized spacial score (nSPS) is 10.4. The first-order valence-electron chi connectivity index (χ1n) is 5.03. The van der Waals surface area contributed by atoms with Crippen LogP contribution in [0.15, 0.2) is 39.5 Å². The quantitative estimate of drug-likeness (QED) is 0.808. The van der Waals surface area contributed by atoms with Gasteiger partial charge in [-0.05, 0) is 41.1 Å². The minimum absolute atomic E-state index is 0.797. The first-order chi connectivity index (χ1) is 7.66. The van der Waals surface area contributed by atoms with Crippen LogP contribution in [0.3, 0.4) is 0 Å². The predicted octanol–water partition coefficient (Wildman–Crippen LogP) is 3.38. The van der Waals surface area contributed by atoms with Gasteiger partial charge in [0.1, 0.15) is 16.2 Å². The van der Waals surface area contributed by atoms with Crippen LogP contribution in [0.5, 0.6) is 0 Å². The van der Waals surface area contributed by atoms with Gasteiger partial charge in [-0.1, -0.05) is 6.07 Å². The molecule has 0 amide bonds. The van der Waals surface area contributed by atoms with Crippen LogP contribution in [0.1, 0.15) is 11.3 Å². The largest absolute Gasteiger partial charge is 0.469 e. The number of rotatable bonds is 3. The van der Waals surface area contributed by atoms with E-state index >= 15 is 0 Å².